The van der Waals surface area contributed by atoms with Crippen LogP contribution in [0.3, 0.4) is 0 Å². The van der Waals surface area contributed by atoms with Gasteiger partial charge in [-0.05, 0) is 24.5 Å². The number of hydrogen-bond acceptors (Lipinski definition) is 1. The lowest BCUT2D eigenvalue weighted by Gasteiger charge is -1.93. The van der Waals surface area contributed by atoms with Gasteiger partial charge in [0.1, 0.15) is 0 Å². The van der Waals surface area contributed by atoms with Crippen LogP contribution in [0.15, 0.2) is 33.6 Å². The Morgan fingerprint density at radius 1 is 1.40 bits per heavy atom. The zero-order valence-corrected chi connectivity index (χ0v) is 7.50. The third-order valence-corrected chi connectivity index (χ3v) is 2.25. The molecule has 0 aliphatic carbocycles. The molecule has 52 valence electrons. The van der Waals surface area contributed by atoms with E-state index in [1.54, 1.807) is 11.8 Å². The Bertz CT molecular complexity index is 203. The van der Waals surface area contributed by atoms with Crippen LogP contribution >= 0.6 is 27.7 Å². The Kier molecular flexibility index (Phi) is 5.91. The van der Waals surface area contributed by atoms with Gasteiger partial charge in [-0.1, -0.05) is 22.0 Å². The Hall–Kier alpha value is 0.816. The summed E-state index contributed by atoms with van der Waals surface area (Å²) >= 11 is 5.14. The summed E-state index contributed by atoms with van der Waals surface area (Å²) in [5.74, 6) is 0. The van der Waals surface area contributed by atoms with Gasteiger partial charge in [0.2, 0.25) is 0 Å². The van der Waals surface area contributed by atoms with Crippen LogP contribution in [0.2, 0.25) is 0 Å². The van der Waals surface area contributed by atoms with E-state index in [1.165, 1.54) is 4.90 Å². The third kappa shape index (κ3) is 3.28. The molecule has 0 bridgehead atoms. The van der Waals surface area contributed by atoms with E-state index in [0.717, 1.165) is 4.47 Å². The van der Waals surface area contributed by atoms with E-state index in [2.05, 4.69) is 34.3 Å². The molecule has 1 rings (SSSR count). The molecule has 0 aliphatic rings. The molecule has 0 nitrogen and oxygen atoms in total. The summed E-state index contributed by atoms with van der Waals surface area (Å²) < 4.78 is 1.15. The number of hydrogen-bond donors (Lipinski definition) is 0. The normalized spacial score (nSPS) is 8.60. The molecule has 10 heavy (non-hydrogen) atoms. The van der Waals surface area contributed by atoms with Crippen LogP contribution in [-0.4, -0.2) is 29.3 Å². The van der Waals surface area contributed by atoms with Crippen molar-refractivity contribution in [2.24, 2.45) is 0 Å². The number of rotatable bonds is 1. The fourth-order valence-corrected chi connectivity index (χ4v) is 1.60. The lowest BCUT2D eigenvalue weighted by Crippen LogP contribution is -1.66. The van der Waals surface area contributed by atoms with E-state index in [-0.39, 0.29) is 23.1 Å². The van der Waals surface area contributed by atoms with Gasteiger partial charge in [-0.15, -0.1) is 11.8 Å². The van der Waals surface area contributed by atoms with Gasteiger partial charge in [0.25, 0.3) is 0 Å². The first-order valence-electron chi connectivity index (χ1n) is 2.62. The minimum Gasteiger partial charge on any atom is -0.130 e. The van der Waals surface area contributed by atoms with Crippen LogP contribution in [0.1, 0.15) is 0 Å². The summed E-state index contributed by atoms with van der Waals surface area (Å²) in [5.41, 5.74) is 0. The molecule has 1 aromatic carbocycles. The first kappa shape index (κ1) is 10.8. The molecule has 1 aromatic rings. The summed E-state index contributed by atoms with van der Waals surface area (Å²) in [7, 11) is 0. The first-order chi connectivity index (χ1) is 4.33. The molecular formula is C7H9BrMgS. The van der Waals surface area contributed by atoms with Gasteiger partial charge in [0.15, 0.2) is 0 Å². The Labute approximate surface area is 90.1 Å². The highest BCUT2D eigenvalue weighted by Gasteiger charge is 1.87. The molecule has 0 saturated carbocycles. The topological polar surface area (TPSA) is 0 Å². The van der Waals surface area contributed by atoms with Crippen LogP contribution in [0.25, 0.3) is 0 Å². The highest BCUT2D eigenvalue weighted by molar-refractivity contribution is 9.10. The summed E-state index contributed by atoms with van der Waals surface area (Å²) in [6, 6.07) is 8.26. The molecule has 0 radical (unpaired) electrons. The van der Waals surface area contributed by atoms with Crippen molar-refractivity contribution >= 4 is 50.7 Å². The van der Waals surface area contributed by atoms with Gasteiger partial charge < -0.3 is 0 Å². The van der Waals surface area contributed by atoms with Crippen LogP contribution in [0, 0.1) is 0 Å². The van der Waals surface area contributed by atoms with Gasteiger partial charge in [-0.25, -0.2) is 0 Å². The molecule has 0 atom stereocenters. The maximum Gasteiger partial charge on any atom is 0.316 e. The van der Waals surface area contributed by atoms with Crippen molar-refractivity contribution in [3.8, 4) is 0 Å². The van der Waals surface area contributed by atoms with Crippen molar-refractivity contribution in [3.05, 3.63) is 28.7 Å². The molecule has 0 heterocycles. The maximum atomic E-state index is 3.39. The van der Waals surface area contributed by atoms with E-state index in [9.17, 15) is 0 Å². The second kappa shape index (κ2) is 5.46. The highest BCUT2D eigenvalue weighted by Crippen LogP contribution is 2.18. The van der Waals surface area contributed by atoms with Crippen molar-refractivity contribution in [2.45, 2.75) is 4.90 Å². The first-order valence-corrected chi connectivity index (χ1v) is 4.64. The zero-order valence-electron chi connectivity index (χ0n) is 5.10. The summed E-state index contributed by atoms with van der Waals surface area (Å²) in [6.45, 7) is 0. The Balaban J connectivity index is 0.000000810. The van der Waals surface area contributed by atoms with Crippen molar-refractivity contribution in [1.29, 1.82) is 0 Å². The van der Waals surface area contributed by atoms with Gasteiger partial charge in [-0.3, -0.25) is 0 Å². The van der Waals surface area contributed by atoms with E-state index in [1.807, 2.05) is 12.1 Å². The van der Waals surface area contributed by atoms with Crippen LogP contribution in [0.4, 0.5) is 0 Å². The number of halogens is 1. The molecule has 0 fully saturated rings. The standard InChI is InChI=1S/C7H7BrS.Mg.2H/c1-9-7-4-2-3-6(8)5-7;;;/h2-5H,1H3;;;. The van der Waals surface area contributed by atoms with E-state index in [4.69, 9.17) is 0 Å². The smallest absolute Gasteiger partial charge is 0.130 e. The maximum absolute atomic E-state index is 3.39. The van der Waals surface area contributed by atoms with Gasteiger partial charge in [0.05, 0.1) is 0 Å². The second-order valence-electron chi connectivity index (χ2n) is 1.66. The number of benzene rings is 1. The zero-order chi connectivity index (χ0) is 6.69. The monoisotopic (exact) mass is 228 g/mol. The van der Waals surface area contributed by atoms with Gasteiger partial charge in [-0.2, -0.15) is 0 Å². The molecule has 0 unspecified atom stereocenters. The number of thioether (sulfide) groups is 1. The minimum absolute atomic E-state index is 0. The Morgan fingerprint density at radius 2 is 2.10 bits per heavy atom. The average Bonchev–Trinajstić information content (AvgIpc) is 1.88. The van der Waals surface area contributed by atoms with Crippen LogP contribution in [-0.2, 0) is 0 Å². The largest absolute Gasteiger partial charge is 0.316 e. The van der Waals surface area contributed by atoms with E-state index in [0.29, 0.717) is 0 Å². The molecule has 0 N–H and O–H groups in total. The SMILES string of the molecule is CSc1cccc(Br)c1.[MgH2]. The minimum atomic E-state index is 0. The van der Waals surface area contributed by atoms with E-state index < -0.39 is 0 Å². The predicted octanol–water partition coefficient (Wildman–Crippen LogP) is 2.25. The van der Waals surface area contributed by atoms with Gasteiger partial charge >= 0.3 is 23.1 Å². The molecule has 0 spiro atoms. The van der Waals surface area contributed by atoms with E-state index >= 15 is 0 Å². The Morgan fingerprint density at radius 3 is 2.50 bits per heavy atom. The van der Waals surface area contributed by atoms with Crippen LogP contribution < -0.4 is 0 Å². The lowest BCUT2D eigenvalue weighted by atomic mass is 10.4. The highest BCUT2D eigenvalue weighted by atomic mass is 79.9. The molecule has 0 amide bonds. The van der Waals surface area contributed by atoms with Crippen molar-refractivity contribution in [3.63, 3.8) is 0 Å². The predicted molar refractivity (Wildman–Crippen MR) is 54.5 cm³/mol. The molecule has 0 aromatic heterocycles. The summed E-state index contributed by atoms with van der Waals surface area (Å²) in [4.78, 5) is 1.30. The average molecular weight is 229 g/mol. The van der Waals surface area contributed by atoms with Gasteiger partial charge in [0, 0.05) is 9.37 Å². The van der Waals surface area contributed by atoms with Crippen molar-refractivity contribution in [1.82, 2.24) is 0 Å². The molecular weight excluding hydrogens is 220 g/mol. The lowest BCUT2D eigenvalue weighted by molar-refractivity contribution is 1.44. The second-order valence-corrected chi connectivity index (χ2v) is 3.46. The van der Waals surface area contributed by atoms with Crippen molar-refractivity contribution < 1.29 is 0 Å². The fourth-order valence-electron chi connectivity index (χ4n) is 0.594. The summed E-state index contributed by atoms with van der Waals surface area (Å²) in [5, 5.41) is 0. The molecule has 0 saturated heterocycles. The fraction of sp³-hybridized carbons (Fsp3) is 0.143. The quantitative estimate of drug-likeness (QED) is 0.526. The molecule has 3 heteroatoms. The summed E-state index contributed by atoms with van der Waals surface area (Å²) in [6.07, 6.45) is 2.07. The van der Waals surface area contributed by atoms with Crippen molar-refractivity contribution in [2.75, 3.05) is 6.26 Å². The molecule has 0 aliphatic heterocycles. The third-order valence-electron chi connectivity index (χ3n) is 1.03. The van der Waals surface area contributed by atoms with Crippen LogP contribution in [0.5, 0.6) is 0 Å².